The Morgan fingerprint density at radius 3 is 2.73 bits per heavy atom. The standard InChI is InChI=1S/C22H26ClFN8O4S/c1-36-21-17(5-6-19(29-21)32-8-7-25-10-14(32)12-33)28-22-26-11-15(23)20(30-22)27-16-4-3-13(24)9-18(16)31-37(2,34)35/h3-6,9,11,14,25,31,33H,7-8,10,12H2,1-2H3,(H2,26,27,28,30). The van der Waals surface area contributed by atoms with Gasteiger partial charge in [-0.25, -0.2) is 17.8 Å². The summed E-state index contributed by atoms with van der Waals surface area (Å²) >= 11 is 6.26. The molecule has 1 aromatic carbocycles. The first-order valence-corrected chi connectivity index (χ1v) is 13.4. The summed E-state index contributed by atoms with van der Waals surface area (Å²) in [4.78, 5) is 15.1. The summed E-state index contributed by atoms with van der Waals surface area (Å²) in [6.07, 6.45) is 2.31. The van der Waals surface area contributed by atoms with Crippen molar-refractivity contribution in [1.29, 1.82) is 0 Å². The average molecular weight is 553 g/mol. The molecule has 0 radical (unpaired) electrons. The molecule has 0 spiro atoms. The van der Waals surface area contributed by atoms with Crippen molar-refractivity contribution in [3.8, 4) is 5.88 Å². The fraction of sp³-hybridized carbons (Fsp3) is 0.318. The third-order valence-corrected chi connectivity index (χ3v) is 6.28. The first-order chi connectivity index (χ1) is 17.7. The monoisotopic (exact) mass is 552 g/mol. The van der Waals surface area contributed by atoms with E-state index >= 15 is 0 Å². The van der Waals surface area contributed by atoms with Crippen LogP contribution < -0.4 is 30.3 Å². The number of benzene rings is 1. The van der Waals surface area contributed by atoms with E-state index in [4.69, 9.17) is 16.3 Å². The van der Waals surface area contributed by atoms with Crippen molar-refractivity contribution < 1.29 is 22.7 Å². The number of aromatic nitrogens is 3. The van der Waals surface area contributed by atoms with E-state index in [-0.39, 0.29) is 40.8 Å². The highest BCUT2D eigenvalue weighted by molar-refractivity contribution is 7.92. The molecule has 2 aromatic heterocycles. The Balaban J connectivity index is 1.58. The molecule has 1 fully saturated rings. The summed E-state index contributed by atoms with van der Waals surface area (Å²) in [5.41, 5.74) is 0.704. The van der Waals surface area contributed by atoms with Gasteiger partial charge < -0.3 is 30.7 Å². The fourth-order valence-corrected chi connectivity index (χ4v) is 4.45. The molecule has 37 heavy (non-hydrogen) atoms. The number of anilines is 6. The van der Waals surface area contributed by atoms with Crippen LogP contribution in [0.2, 0.25) is 5.02 Å². The number of aliphatic hydroxyl groups excluding tert-OH is 1. The van der Waals surface area contributed by atoms with Gasteiger partial charge in [-0.2, -0.15) is 9.97 Å². The number of halogens is 2. The number of hydrogen-bond donors (Lipinski definition) is 5. The van der Waals surface area contributed by atoms with Crippen LogP contribution in [-0.2, 0) is 10.0 Å². The van der Waals surface area contributed by atoms with Crippen molar-refractivity contribution in [2.75, 3.05) is 59.9 Å². The third-order valence-electron chi connectivity index (χ3n) is 5.41. The topological polar surface area (TPSA) is 154 Å². The van der Waals surface area contributed by atoms with Crippen LogP contribution in [0.1, 0.15) is 0 Å². The van der Waals surface area contributed by atoms with Gasteiger partial charge in [0.15, 0.2) is 5.82 Å². The molecule has 1 aliphatic heterocycles. The maximum Gasteiger partial charge on any atom is 0.239 e. The summed E-state index contributed by atoms with van der Waals surface area (Å²) in [5.74, 6) is 0.623. The molecule has 1 aliphatic rings. The average Bonchev–Trinajstić information content (AvgIpc) is 2.86. The van der Waals surface area contributed by atoms with Gasteiger partial charge in [0.25, 0.3) is 0 Å². The first kappa shape index (κ1) is 26.6. The molecule has 1 saturated heterocycles. The number of aliphatic hydroxyl groups is 1. The molecule has 3 aromatic rings. The largest absolute Gasteiger partial charge is 0.479 e. The molecule has 3 heterocycles. The molecule has 0 aliphatic carbocycles. The minimum atomic E-state index is -3.67. The lowest BCUT2D eigenvalue weighted by Gasteiger charge is -2.36. The minimum absolute atomic E-state index is 0.0118. The third kappa shape index (κ3) is 6.65. The van der Waals surface area contributed by atoms with Gasteiger partial charge in [0.2, 0.25) is 21.9 Å². The fourth-order valence-electron chi connectivity index (χ4n) is 3.74. The van der Waals surface area contributed by atoms with E-state index in [1.165, 1.54) is 25.4 Å². The molecular weight excluding hydrogens is 527 g/mol. The van der Waals surface area contributed by atoms with E-state index in [1.54, 1.807) is 12.1 Å². The number of nitrogens with zero attached hydrogens (tertiary/aromatic N) is 4. The van der Waals surface area contributed by atoms with E-state index in [1.807, 2.05) is 4.90 Å². The lowest BCUT2D eigenvalue weighted by atomic mass is 10.2. The zero-order valence-corrected chi connectivity index (χ0v) is 21.6. The summed E-state index contributed by atoms with van der Waals surface area (Å²) in [6.45, 7) is 2.08. The second-order valence-corrected chi connectivity index (χ2v) is 10.3. The summed E-state index contributed by atoms with van der Waals surface area (Å²) in [6, 6.07) is 7.02. The molecule has 15 heteroatoms. The molecule has 5 N–H and O–H groups in total. The first-order valence-electron chi connectivity index (χ1n) is 11.1. The Kier molecular flexibility index (Phi) is 8.12. The van der Waals surface area contributed by atoms with Gasteiger partial charge in [-0.15, -0.1) is 0 Å². The number of pyridine rings is 1. The second kappa shape index (κ2) is 11.3. The number of sulfonamides is 1. The number of hydrogen-bond acceptors (Lipinski definition) is 11. The van der Waals surface area contributed by atoms with Crippen LogP contribution in [0.5, 0.6) is 5.88 Å². The lowest BCUT2D eigenvalue weighted by molar-refractivity contribution is 0.245. The van der Waals surface area contributed by atoms with E-state index in [2.05, 4.69) is 35.6 Å². The summed E-state index contributed by atoms with van der Waals surface area (Å²) < 4.78 is 44.9. The Bertz CT molecular complexity index is 1380. The van der Waals surface area contributed by atoms with Crippen molar-refractivity contribution >= 4 is 56.3 Å². The summed E-state index contributed by atoms with van der Waals surface area (Å²) in [7, 11) is -2.18. The van der Waals surface area contributed by atoms with E-state index < -0.39 is 15.8 Å². The zero-order chi connectivity index (χ0) is 26.6. The molecule has 4 rings (SSSR count). The molecule has 1 atom stereocenters. The zero-order valence-electron chi connectivity index (χ0n) is 20.0. The number of ether oxygens (including phenoxy) is 1. The van der Waals surface area contributed by atoms with Crippen LogP contribution in [0.4, 0.5) is 39.0 Å². The highest BCUT2D eigenvalue weighted by Crippen LogP contribution is 2.32. The minimum Gasteiger partial charge on any atom is -0.479 e. The molecular formula is C22H26ClFN8O4S. The Labute approximate surface area is 218 Å². The second-order valence-electron chi connectivity index (χ2n) is 8.16. The molecule has 0 amide bonds. The van der Waals surface area contributed by atoms with Crippen molar-refractivity contribution in [3.63, 3.8) is 0 Å². The number of nitrogens with one attached hydrogen (secondary N) is 4. The lowest BCUT2D eigenvalue weighted by Crippen LogP contribution is -2.53. The molecule has 1 unspecified atom stereocenters. The highest BCUT2D eigenvalue weighted by Gasteiger charge is 2.24. The van der Waals surface area contributed by atoms with Crippen LogP contribution in [0, 0.1) is 5.82 Å². The molecule has 198 valence electrons. The molecule has 0 saturated carbocycles. The van der Waals surface area contributed by atoms with Gasteiger partial charge in [-0.1, -0.05) is 11.6 Å². The maximum atomic E-state index is 13.7. The van der Waals surface area contributed by atoms with Gasteiger partial charge in [0.1, 0.15) is 22.3 Å². The van der Waals surface area contributed by atoms with Crippen molar-refractivity contribution in [1.82, 2.24) is 20.3 Å². The molecule has 0 bridgehead atoms. The van der Waals surface area contributed by atoms with Crippen LogP contribution in [0.15, 0.2) is 36.5 Å². The number of piperazine rings is 1. The van der Waals surface area contributed by atoms with Gasteiger partial charge in [-0.05, 0) is 24.3 Å². The van der Waals surface area contributed by atoms with Gasteiger partial charge in [0.05, 0.1) is 43.6 Å². The van der Waals surface area contributed by atoms with E-state index in [0.29, 0.717) is 30.5 Å². The van der Waals surface area contributed by atoms with E-state index in [9.17, 15) is 17.9 Å². The summed E-state index contributed by atoms with van der Waals surface area (Å²) in [5, 5.41) is 19.0. The number of rotatable bonds is 9. The Morgan fingerprint density at radius 2 is 2.00 bits per heavy atom. The van der Waals surface area contributed by atoms with Crippen molar-refractivity contribution in [2.45, 2.75) is 6.04 Å². The van der Waals surface area contributed by atoms with Crippen molar-refractivity contribution in [2.24, 2.45) is 0 Å². The van der Waals surface area contributed by atoms with Crippen LogP contribution in [0.3, 0.4) is 0 Å². The van der Waals surface area contributed by atoms with Crippen LogP contribution >= 0.6 is 11.6 Å². The van der Waals surface area contributed by atoms with Crippen molar-refractivity contribution in [3.05, 3.63) is 47.4 Å². The van der Waals surface area contributed by atoms with E-state index in [0.717, 1.165) is 18.9 Å². The predicted octanol–water partition coefficient (Wildman–Crippen LogP) is 2.30. The van der Waals surface area contributed by atoms with Crippen LogP contribution in [-0.4, -0.2) is 74.1 Å². The Hall–Kier alpha value is -3.46. The smallest absolute Gasteiger partial charge is 0.239 e. The normalized spacial score (nSPS) is 15.8. The van der Waals surface area contributed by atoms with Gasteiger partial charge >= 0.3 is 0 Å². The predicted molar refractivity (Wildman–Crippen MR) is 140 cm³/mol. The SMILES string of the molecule is COc1nc(N2CCNCC2CO)ccc1Nc1ncc(Cl)c(Nc2ccc(F)cc2NS(C)(=O)=O)n1. The highest BCUT2D eigenvalue weighted by atomic mass is 35.5. The van der Waals surface area contributed by atoms with Gasteiger partial charge in [-0.3, -0.25) is 4.72 Å². The maximum absolute atomic E-state index is 13.7. The number of methoxy groups -OCH3 is 1. The van der Waals surface area contributed by atoms with Gasteiger partial charge in [0, 0.05) is 25.7 Å². The Morgan fingerprint density at radius 1 is 1.22 bits per heavy atom. The van der Waals surface area contributed by atoms with Crippen LogP contribution in [0.25, 0.3) is 0 Å². The molecule has 12 nitrogen and oxygen atoms in total. The quantitative estimate of drug-likeness (QED) is 0.266.